The second-order valence-corrected chi connectivity index (χ2v) is 10.5. The van der Waals surface area contributed by atoms with Gasteiger partial charge in [-0.25, -0.2) is 0 Å². The molecule has 4 aliphatic rings. The van der Waals surface area contributed by atoms with Crippen molar-refractivity contribution in [1.82, 2.24) is 9.58 Å². The summed E-state index contributed by atoms with van der Waals surface area (Å²) in [6.45, 7) is 1.56. The number of carbonyl (C=O) groups is 1. The van der Waals surface area contributed by atoms with Crippen LogP contribution in [0.25, 0.3) is 0 Å². The van der Waals surface area contributed by atoms with E-state index in [1.165, 1.54) is 16.5 Å². The molecule has 4 heterocycles. The summed E-state index contributed by atoms with van der Waals surface area (Å²) in [5.41, 5.74) is 2.87. The van der Waals surface area contributed by atoms with E-state index >= 15 is 0 Å². The molecule has 3 aromatic rings. The van der Waals surface area contributed by atoms with E-state index in [4.69, 9.17) is 4.74 Å². The number of amides is 1. The Kier molecular flexibility index (Phi) is 4.30. The van der Waals surface area contributed by atoms with Gasteiger partial charge in [0, 0.05) is 35.0 Å². The standard InChI is InChI=1S/C26H23N3O4S/c30-19-8-9-28-24(25(19)31)26(32)27-11-16-10-17(16)12-33-20-6-3-4-15-13-34-21-7-2-1-5-18(21)23(22(15)20)29(28)14-27/h1-9,16-17,23,31H,10-14H2/t16-,17-,23+/m0/s1. The largest absolute Gasteiger partial charge is 0.502 e. The van der Waals surface area contributed by atoms with Gasteiger partial charge in [0.25, 0.3) is 5.91 Å². The molecule has 0 spiro atoms. The zero-order valence-electron chi connectivity index (χ0n) is 18.4. The maximum Gasteiger partial charge on any atom is 0.277 e. The summed E-state index contributed by atoms with van der Waals surface area (Å²) in [4.78, 5) is 28.8. The van der Waals surface area contributed by atoms with Crippen molar-refractivity contribution in [3.63, 3.8) is 0 Å². The molecule has 8 heteroatoms. The predicted molar refractivity (Wildman–Crippen MR) is 128 cm³/mol. The highest BCUT2D eigenvalue weighted by atomic mass is 32.2. The maximum atomic E-state index is 13.5. The molecule has 2 aromatic carbocycles. The van der Waals surface area contributed by atoms with Crippen molar-refractivity contribution in [2.45, 2.75) is 23.1 Å². The Morgan fingerprint density at radius 1 is 1.03 bits per heavy atom. The van der Waals surface area contributed by atoms with Gasteiger partial charge in [-0.2, -0.15) is 0 Å². The average molecular weight is 474 g/mol. The van der Waals surface area contributed by atoms with Gasteiger partial charge >= 0.3 is 0 Å². The molecule has 3 atom stereocenters. The van der Waals surface area contributed by atoms with Gasteiger partial charge in [0.1, 0.15) is 18.5 Å². The highest BCUT2D eigenvalue weighted by Gasteiger charge is 2.45. The first-order chi connectivity index (χ1) is 16.6. The van der Waals surface area contributed by atoms with Crippen LogP contribution in [0.4, 0.5) is 0 Å². The smallest absolute Gasteiger partial charge is 0.277 e. The molecule has 3 aliphatic heterocycles. The summed E-state index contributed by atoms with van der Waals surface area (Å²) >= 11 is 1.79. The minimum absolute atomic E-state index is 0.0320. The molecule has 1 fully saturated rings. The van der Waals surface area contributed by atoms with Crippen LogP contribution in [0, 0.1) is 11.8 Å². The number of hydrogen-bond acceptors (Lipinski definition) is 6. The monoisotopic (exact) mass is 473 g/mol. The lowest BCUT2D eigenvalue weighted by Crippen LogP contribution is -2.56. The number of benzene rings is 2. The molecular formula is C26H23N3O4S. The number of hydrogen-bond donors (Lipinski definition) is 1. The molecule has 0 saturated heterocycles. The predicted octanol–water partition coefficient (Wildman–Crippen LogP) is 3.33. The summed E-state index contributed by atoms with van der Waals surface area (Å²) in [5, 5.41) is 12.8. The molecule has 1 saturated carbocycles. The zero-order valence-corrected chi connectivity index (χ0v) is 19.2. The lowest BCUT2D eigenvalue weighted by Gasteiger charge is -2.44. The van der Waals surface area contributed by atoms with Crippen LogP contribution < -0.4 is 15.2 Å². The highest BCUT2D eigenvalue weighted by molar-refractivity contribution is 7.98. The van der Waals surface area contributed by atoms with Crippen LogP contribution in [0.5, 0.6) is 11.5 Å². The van der Waals surface area contributed by atoms with Crippen molar-refractivity contribution < 1.29 is 14.6 Å². The van der Waals surface area contributed by atoms with E-state index in [0.29, 0.717) is 31.7 Å². The SMILES string of the molecule is O=C1c2c(O)c(=O)ccn2N2CN1C[C@@H]1C[C@H]1COc1cccc3c1[C@H]2c1ccccc1SC3. The van der Waals surface area contributed by atoms with E-state index in [9.17, 15) is 14.7 Å². The van der Waals surface area contributed by atoms with Crippen LogP contribution in [0.3, 0.4) is 0 Å². The lowest BCUT2D eigenvalue weighted by molar-refractivity contribution is 0.0667. The van der Waals surface area contributed by atoms with E-state index in [-0.39, 0.29) is 17.6 Å². The summed E-state index contributed by atoms with van der Waals surface area (Å²) in [6, 6.07) is 15.6. The van der Waals surface area contributed by atoms with Crippen LogP contribution in [0.15, 0.2) is 64.4 Å². The highest BCUT2D eigenvalue weighted by Crippen LogP contribution is 2.48. The minimum Gasteiger partial charge on any atom is -0.502 e. The fourth-order valence-electron chi connectivity index (χ4n) is 5.56. The average Bonchev–Trinajstić information content (AvgIpc) is 3.61. The van der Waals surface area contributed by atoms with Crippen molar-refractivity contribution in [3.8, 4) is 11.5 Å². The molecule has 1 amide bonds. The Morgan fingerprint density at radius 2 is 1.91 bits per heavy atom. The number of pyridine rings is 1. The number of thioether (sulfide) groups is 1. The van der Waals surface area contributed by atoms with Gasteiger partial charge < -0.3 is 14.7 Å². The topological polar surface area (TPSA) is 75.0 Å². The molecule has 1 aliphatic carbocycles. The first-order valence-electron chi connectivity index (χ1n) is 11.6. The van der Waals surface area contributed by atoms with Gasteiger partial charge in [0.05, 0.1) is 6.61 Å². The molecule has 7 rings (SSSR count). The molecule has 2 bridgehead atoms. The van der Waals surface area contributed by atoms with Crippen molar-refractivity contribution in [1.29, 1.82) is 0 Å². The van der Waals surface area contributed by atoms with Crippen molar-refractivity contribution in [2.75, 3.05) is 24.8 Å². The first kappa shape index (κ1) is 20.0. The fraction of sp³-hybridized carbons (Fsp3) is 0.308. The van der Waals surface area contributed by atoms with Gasteiger partial charge in [0.15, 0.2) is 11.4 Å². The molecule has 7 nitrogen and oxygen atoms in total. The second kappa shape index (κ2) is 7.30. The summed E-state index contributed by atoms with van der Waals surface area (Å²) in [6.07, 6.45) is 2.62. The molecule has 172 valence electrons. The maximum absolute atomic E-state index is 13.5. The summed E-state index contributed by atoms with van der Waals surface area (Å²) in [5.74, 6) is 1.63. The fourth-order valence-corrected chi connectivity index (χ4v) is 6.65. The molecule has 34 heavy (non-hydrogen) atoms. The summed E-state index contributed by atoms with van der Waals surface area (Å²) < 4.78 is 8.13. The molecule has 1 aromatic heterocycles. The number of rotatable bonds is 0. The number of nitrogens with zero attached hydrogens (tertiary/aromatic N) is 3. The van der Waals surface area contributed by atoms with E-state index in [0.717, 1.165) is 29.1 Å². The first-order valence-corrected chi connectivity index (χ1v) is 12.6. The molecule has 1 N–H and O–H groups in total. The van der Waals surface area contributed by atoms with Crippen LogP contribution in [-0.2, 0) is 5.75 Å². The Labute approximate surface area is 200 Å². The third kappa shape index (κ3) is 2.91. The van der Waals surface area contributed by atoms with Crippen LogP contribution in [0.1, 0.15) is 39.6 Å². The molecular weight excluding hydrogens is 450 g/mol. The number of ether oxygens (including phenoxy) is 1. The van der Waals surface area contributed by atoms with Gasteiger partial charge in [-0.15, -0.1) is 11.8 Å². The van der Waals surface area contributed by atoms with E-state index in [1.54, 1.807) is 27.5 Å². The van der Waals surface area contributed by atoms with Gasteiger partial charge in [-0.3, -0.25) is 19.3 Å². The normalized spacial score (nSPS) is 24.5. The Hall–Kier alpha value is -3.39. The van der Waals surface area contributed by atoms with Gasteiger partial charge in [-0.05, 0) is 41.5 Å². The Morgan fingerprint density at radius 3 is 2.82 bits per heavy atom. The number of carbonyl (C=O) groups excluding carboxylic acids is 1. The van der Waals surface area contributed by atoms with Crippen molar-refractivity contribution >= 4 is 17.7 Å². The van der Waals surface area contributed by atoms with Crippen LogP contribution >= 0.6 is 11.8 Å². The Bertz CT molecular complexity index is 1400. The quantitative estimate of drug-likeness (QED) is 0.540. The van der Waals surface area contributed by atoms with Gasteiger partial charge in [0.2, 0.25) is 5.43 Å². The number of fused-ring (bicyclic) bond motifs is 8. The van der Waals surface area contributed by atoms with E-state index in [2.05, 4.69) is 29.3 Å². The third-order valence-electron chi connectivity index (χ3n) is 7.44. The summed E-state index contributed by atoms with van der Waals surface area (Å²) in [7, 11) is 0. The molecule has 0 unspecified atom stereocenters. The zero-order chi connectivity index (χ0) is 23.0. The van der Waals surface area contributed by atoms with Crippen LogP contribution in [0.2, 0.25) is 0 Å². The van der Waals surface area contributed by atoms with Crippen LogP contribution in [-0.4, -0.2) is 40.4 Å². The number of aromatic nitrogens is 1. The second-order valence-electron chi connectivity index (χ2n) is 9.46. The third-order valence-corrected chi connectivity index (χ3v) is 8.58. The van der Waals surface area contributed by atoms with Gasteiger partial charge in [-0.1, -0.05) is 30.3 Å². The Balaban J connectivity index is 1.53. The van der Waals surface area contributed by atoms with Crippen molar-refractivity contribution in [3.05, 3.63) is 87.3 Å². The number of aromatic hydroxyl groups is 1. The molecule has 0 radical (unpaired) electrons. The van der Waals surface area contributed by atoms with E-state index in [1.807, 2.05) is 18.2 Å². The van der Waals surface area contributed by atoms with Crippen molar-refractivity contribution in [2.24, 2.45) is 11.8 Å². The lowest BCUT2D eigenvalue weighted by atomic mass is 9.93. The minimum atomic E-state index is -0.545. The van der Waals surface area contributed by atoms with E-state index < -0.39 is 11.2 Å².